The average molecular weight is 1050 g/mol. The lowest BCUT2D eigenvalue weighted by molar-refractivity contribution is 0.669. The molecule has 0 saturated carbocycles. The summed E-state index contributed by atoms with van der Waals surface area (Å²) < 4.78 is 12.6. The van der Waals surface area contributed by atoms with Crippen LogP contribution in [0.1, 0.15) is 22.3 Å². The Morgan fingerprint density at radius 1 is 0.220 bits per heavy atom. The van der Waals surface area contributed by atoms with Crippen LogP contribution in [0.5, 0.6) is 0 Å². The van der Waals surface area contributed by atoms with Crippen LogP contribution in [-0.4, -0.2) is 0 Å². The predicted molar refractivity (Wildman–Crippen MR) is 349 cm³/mol. The van der Waals surface area contributed by atoms with Gasteiger partial charge in [-0.25, -0.2) is 0 Å². The highest BCUT2D eigenvalue weighted by Gasteiger charge is 2.17. The second-order valence-electron chi connectivity index (χ2n) is 22.2. The summed E-state index contributed by atoms with van der Waals surface area (Å²) in [7, 11) is 0. The van der Waals surface area contributed by atoms with E-state index in [2.05, 4.69) is 270 Å². The molecule has 0 fully saturated rings. The van der Waals surface area contributed by atoms with Crippen molar-refractivity contribution in [2.75, 3.05) is 0 Å². The zero-order chi connectivity index (χ0) is 55.0. The minimum atomic E-state index is 0.926. The smallest absolute Gasteiger partial charge is 0.143 e. The van der Waals surface area contributed by atoms with Gasteiger partial charge in [-0.05, 0) is 174 Å². The van der Waals surface area contributed by atoms with Crippen LogP contribution in [0.15, 0.2) is 276 Å². The zero-order valence-electron chi connectivity index (χ0n) is 46.2. The van der Waals surface area contributed by atoms with Gasteiger partial charge in [-0.3, -0.25) is 0 Å². The lowest BCUT2D eigenvalue weighted by Gasteiger charge is -2.15. The van der Waals surface area contributed by atoms with Crippen molar-refractivity contribution in [1.29, 1.82) is 0 Å². The van der Waals surface area contributed by atoms with Crippen molar-refractivity contribution >= 4 is 87.0 Å². The van der Waals surface area contributed by atoms with Crippen LogP contribution in [0.3, 0.4) is 0 Å². The van der Waals surface area contributed by atoms with E-state index in [0.717, 1.165) is 66.1 Å². The largest absolute Gasteiger partial charge is 0.455 e. The maximum atomic E-state index is 6.32. The van der Waals surface area contributed by atoms with Gasteiger partial charge in [0.1, 0.15) is 22.3 Å². The number of rotatable bonds is 6. The van der Waals surface area contributed by atoms with Crippen LogP contribution in [0.4, 0.5) is 0 Å². The summed E-state index contributed by atoms with van der Waals surface area (Å²) in [4.78, 5) is 0. The Balaban J connectivity index is 0.000000141. The van der Waals surface area contributed by atoms with Gasteiger partial charge in [-0.1, -0.05) is 242 Å². The molecule has 2 heteroatoms. The van der Waals surface area contributed by atoms with E-state index in [1.165, 1.54) is 110 Å². The maximum Gasteiger partial charge on any atom is 0.143 e. The molecular formula is C80H56O2. The van der Waals surface area contributed by atoms with Crippen molar-refractivity contribution in [2.24, 2.45) is 0 Å². The van der Waals surface area contributed by atoms with Crippen molar-refractivity contribution in [1.82, 2.24) is 0 Å². The first-order valence-corrected chi connectivity index (χ1v) is 28.4. The number of aryl methyl sites for hydroxylation is 4. The average Bonchev–Trinajstić information content (AvgIpc) is 4.20. The van der Waals surface area contributed by atoms with Gasteiger partial charge < -0.3 is 8.83 Å². The molecule has 388 valence electrons. The van der Waals surface area contributed by atoms with Crippen LogP contribution >= 0.6 is 0 Å². The molecule has 0 aliphatic rings. The molecule has 0 N–H and O–H groups in total. The third-order valence-electron chi connectivity index (χ3n) is 16.9. The number of furan rings is 2. The van der Waals surface area contributed by atoms with Gasteiger partial charge in [-0.15, -0.1) is 0 Å². The summed E-state index contributed by atoms with van der Waals surface area (Å²) in [5.74, 6) is 0. The van der Waals surface area contributed by atoms with E-state index in [-0.39, 0.29) is 0 Å². The highest BCUT2D eigenvalue weighted by Crippen LogP contribution is 2.43. The molecule has 16 aromatic rings. The Kier molecular flexibility index (Phi) is 11.8. The number of para-hydroxylation sites is 4. The van der Waals surface area contributed by atoms with Crippen molar-refractivity contribution in [2.45, 2.75) is 27.7 Å². The number of hydrogen-bond acceptors (Lipinski definition) is 2. The molecule has 0 spiro atoms. The topological polar surface area (TPSA) is 26.3 Å². The van der Waals surface area contributed by atoms with E-state index in [1.807, 2.05) is 24.3 Å². The Hall–Kier alpha value is -10.3. The minimum absolute atomic E-state index is 0.926. The quantitative estimate of drug-likeness (QED) is 0.155. The van der Waals surface area contributed by atoms with Crippen LogP contribution in [-0.2, 0) is 0 Å². The van der Waals surface area contributed by atoms with Crippen LogP contribution < -0.4 is 0 Å². The third-order valence-corrected chi connectivity index (χ3v) is 16.9. The summed E-state index contributed by atoms with van der Waals surface area (Å²) >= 11 is 0. The van der Waals surface area contributed by atoms with Crippen LogP contribution in [0, 0.1) is 27.7 Å². The van der Waals surface area contributed by atoms with E-state index >= 15 is 0 Å². The minimum Gasteiger partial charge on any atom is -0.455 e. The summed E-state index contributed by atoms with van der Waals surface area (Å²) in [6, 6.07) is 96.6. The fraction of sp³-hybridized carbons (Fsp3) is 0.0500. The molecule has 0 aliphatic heterocycles. The van der Waals surface area contributed by atoms with E-state index in [0.29, 0.717) is 0 Å². The Labute approximate surface area is 476 Å². The molecule has 0 radical (unpaired) electrons. The fourth-order valence-electron chi connectivity index (χ4n) is 13.0. The van der Waals surface area contributed by atoms with Crippen LogP contribution in [0.2, 0.25) is 0 Å². The van der Waals surface area contributed by atoms with Crippen molar-refractivity contribution in [3.8, 4) is 66.8 Å². The second-order valence-corrected chi connectivity index (χ2v) is 22.2. The molecule has 0 amide bonds. The molecule has 16 rings (SSSR count). The normalized spacial score (nSPS) is 11.7. The monoisotopic (exact) mass is 1050 g/mol. The third kappa shape index (κ3) is 8.42. The van der Waals surface area contributed by atoms with E-state index in [4.69, 9.17) is 8.83 Å². The van der Waals surface area contributed by atoms with Crippen molar-refractivity contribution < 1.29 is 8.83 Å². The SMILES string of the molecule is Cc1cc(C)c(-c2ccc3cc(-c4ccc(-c5cccc6c5oc5ccccc56)cc4)c4ccccc4c3c2)c(C)c1.Cc1ccc(-c2ccc3cc(-c4ccc(-c5cccc6c5oc5ccccc56)cc4)c4ccccc4c3c2)cc1. The summed E-state index contributed by atoms with van der Waals surface area (Å²) in [6.07, 6.45) is 0. The Bertz CT molecular complexity index is 5140. The first-order valence-electron chi connectivity index (χ1n) is 28.4. The molecule has 82 heavy (non-hydrogen) atoms. The maximum absolute atomic E-state index is 6.32. The van der Waals surface area contributed by atoms with Gasteiger partial charge >= 0.3 is 0 Å². The Morgan fingerprint density at radius 2 is 0.585 bits per heavy atom. The molecule has 0 saturated heterocycles. The summed E-state index contributed by atoms with van der Waals surface area (Å²) in [6.45, 7) is 8.74. The molecule has 14 aromatic carbocycles. The lowest BCUT2D eigenvalue weighted by atomic mass is 9.89. The van der Waals surface area contributed by atoms with E-state index < -0.39 is 0 Å². The van der Waals surface area contributed by atoms with Gasteiger partial charge in [-0.2, -0.15) is 0 Å². The van der Waals surface area contributed by atoms with Gasteiger partial charge in [0.25, 0.3) is 0 Å². The predicted octanol–water partition coefficient (Wildman–Crippen LogP) is 23.0. The summed E-state index contributed by atoms with van der Waals surface area (Å²) in [5.41, 5.74) is 23.5. The molecule has 0 bridgehead atoms. The Morgan fingerprint density at radius 3 is 1.06 bits per heavy atom. The lowest BCUT2D eigenvalue weighted by Crippen LogP contribution is -1.91. The van der Waals surface area contributed by atoms with Crippen molar-refractivity contribution in [3.05, 3.63) is 289 Å². The van der Waals surface area contributed by atoms with E-state index in [1.54, 1.807) is 0 Å². The van der Waals surface area contributed by atoms with Gasteiger partial charge in [0.05, 0.1) is 0 Å². The second kappa shape index (κ2) is 19.8. The molecule has 0 unspecified atom stereocenters. The molecular weight excluding hydrogens is 993 g/mol. The van der Waals surface area contributed by atoms with Crippen molar-refractivity contribution in [3.63, 3.8) is 0 Å². The van der Waals surface area contributed by atoms with Crippen LogP contribution in [0.25, 0.3) is 154 Å². The number of hydrogen-bond donors (Lipinski definition) is 0. The molecule has 0 atom stereocenters. The standard InChI is InChI=1S/C41H30O.C39H26O/c1-25-21-26(2)40(27(3)22-25)31-20-19-30-23-37(33-9-4-5-10-34(33)38(30)24-31)29-17-15-28(16-18-29)32-12-8-13-36-35-11-6-7-14-39(35)42-41(32)36;1-25-13-15-26(16-14-25)29-21-22-30-24-36(32-7-2-3-8-33(32)37(30)23-29)28-19-17-27(18-20-28)31-10-6-11-35-34-9-4-5-12-38(34)40-39(31)35/h4-24H,1-3H3;2-24H,1H3. The number of benzene rings is 14. The van der Waals surface area contributed by atoms with Gasteiger partial charge in [0, 0.05) is 32.7 Å². The first-order chi connectivity index (χ1) is 40.3. The molecule has 0 aliphatic carbocycles. The molecule has 2 aromatic heterocycles. The van der Waals surface area contributed by atoms with Gasteiger partial charge in [0.2, 0.25) is 0 Å². The first kappa shape index (κ1) is 48.8. The fourth-order valence-corrected chi connectivity index (χ4v) is 13.0. The highest BCUT2D eigenvalue weighted by molar-refractivity contribution is 6.17. The summed E-state index contributed by atoms with van der Waals surface area (Å²) in [5, 5.41) is 14.8. The number of fused-ring (bicyclic) bond motifs is 12. The van der Waals surface area contributed by atoms with Gasteiger partial charge in [0.15, 0.2) is 0 Å². The molecule has 2 nitrogen and oxygen atoms in total. The highest BCUT2D eigenvalue weighted by atomic mass is 16.3. The zero-order valence-corrected chi connectivity index (χ0v) is 46.2. The molecule has 2 heterocycles. The van der Waals surface area contributed by atoms with E-state index in [9.17, 15) is 0 Å².